The first kappa shape index (κ1) is 27.1. The van der Waals surface area contributed by atoms with E-state index in [1.807, 2.05) is 18.2 Å². The van der Waals surface area contributed by atoms with E-state index in [0.29, 0.717) is 11.5 Å². The third-order valence-electron chi connectivity index (χ3n) is 8.20. The van der Waals surface area contributed by atoms with E-state index in [-0.39, 0.29) is 5.82 Å². The minimum Gasteiger partial charge on any atom is -0.206 e. The van der Waals surface area contributed by atoms with Crippen LogP contribution in [0.1, 0.15) is 92.5 Å². The molecule has 1 atom stereocenters. The molecule has 37 heavy (non-hydrogen) atoms. The van der Waals surface area contributed by atoms with Crippen LogP contribution in [0.3, 0.4) is 0 Å². The van der Waals surface area contributed by atoms with E-state index in [9.17, 15) is 4.39 Å². The highest BCUT2D eigenvalue weighted by atomic mass is 19.1. The molecule has 1 fully saturated rings. The number of rotatable bonds is 11. The first-order valence-electron chi connectivity index (χ1n) is 14.3. The number of aryl methyl sites for hydroxylation is 1. The summed E-state index contributed by atoms with van der Waals surface area (Å²) in [5.74, 6) is 2.08. The molecule has 1 aliphatic rings. The van der Waals surface area contributed by atoms with E-state index in [4.69, 9.17) is 0 Å². The quantitative estimate of drug-likeness (QED) is 0.184. The van der Waals surface area contributed by atoms with Crippen LogP contribution in [0.25, 0.3) is 12.2 Å². The van der Waals surface area contributed by atoms with Crippen molar-refractivity contribution in [3.05, 3.63) is 119 Å². The van der Waals surface area contributed by atoms with Crippen LogP contribution in [0.2, 0.25) is 0 Å². The van der Waals surface area contributed by atoms with Crippen LogP contribution in [0.5, 0.6) is 0 Å². The van der Waals surface area contributed by atoms with Crippen LogP contribution < -0.4 is 0 Å². The highest BCUT2D eigenvalue weighted by Crippen LogP contribution is 2.34. The lowest BCUT2D eigenvalue weighted by Crippen LogP contribution is -2.15. The van der Waals surface area contributed by atoms with Crippen LogP contribution in [0.4, 0.5) is 4.39 Å². The smallest absolute Gasteiger partial charge is 0.130 e. The fourth-order valence-electron chi connectivity index (χ4n) is 5.74. The molecular formula is C36H43F. The fourth-order valence-corrected chi connectivity index (χ4v) is 5.74. The molecular weight excluding hydrogens is 451 g/mol. The number of hydrogen-bond donors (Lipinski definition) is 0. The lowest BCUT2D eigenvalue weighted by molar-refractivity contribution is 0.254. The van der Waals surface area contributed by atoms with E-state index >= 15 is 0 Å². The Morgan fingerprint density at radius 2 is 1.49 bits per heavy atom. The maximum atomic E-state index is 14.8. The van der Waals surface area contributed by atoms with Gasteiger partial charge in [-0.2, -0.15) is 0 Å². The summed E-state index contributed by atoms with van der Waals surface area (Å²) in [6.45, 7) is 4.38. The molecule has 0 aliphatic heterocycles. The standard InChI is InChI=1S/C36H43F/c1-3-4-6-9-29-12-14-30(15-13-29)18-21-33-23-25-35(36(37)27-33)24-22-31-16-19-32(20-17-31)26-28(2)34-10-7-5-8-11-34/h3-5,7-8,10-11,16-17,19-20,22-25,27-30H,6,9,12-15,18,21,26H2,1-2H3/t28-,29?,30?/m1/s1. The van der Waals surface area contributed by atoms with Crippen molar-refractivity contribution in [1.82, 2.24) is 0 Å². The second kappa shape index (κ2) is 14.1. The minimum atomic E-state index is -0.116. The van der Waals surface area contributed by atoms with Crippen molar-refractivity contribution in [2.75, 3.05) is 0 Å². The van der Waals surface area contributed by atoms with Crippen molar-refractivity contribution in [3.8, 4) is 0 Å². The molecule has 0 spiro atoms. The molecule has 3 aromatic rings. The molecule has 0 amide bonds. The van der Waals surface area contributed by atoms with Crippen LogP contribution in [0, 0.1) is 17.7 Å². The van der Waals surface area contributed by atoms with Crippen molar-refractivity contribution in [2.24, 2.45) is 11.8 Å². The Morgan fingerprint density at radius 1 is 0.811 bits per heavy atom. The molecule has 0 N–H and O–H groups in total. The molecule has 0 bridgehead atoms. The molecule has 0 radical (unpaired) electrons. The second-order valence-corrected chi connectivity index (χ2v) is 11.0. The van der Waals surface area contributed by atoms with E-state index in [0.717, 1.165) is 35.8 Å². The topological polar surface area (TPSA) is 0 Å². The normalized spacial score (nSPS) is 19.0. The Bertz CT molecular complexity index is 1130. The molecule has 1 heteroatoms. The lowest BCUT2D eigenvalue weighted by atomic mass is 9.78. The summed E-state index contributed by atoms with van der Waals surface area (Å²) in [7, 11) is 0. The van der Waals surface area contributed by atoms with Gasteiger partial charge < -0.3 is 0 Å². The molecule has 0 heterocycles. The maximum absolute atomic E-state index is 14.8. The van der Waals surface area contributed by atoms with Gasteiger partial charge in [-0.3, -0.25) is 0 Å². The fraction of sp³-hybridized carbons (Fsp3) is 0.389. The second-order valence-electron chi connectivity index (χ2n) is 11.0. The zero-order chi connectivity index (χ0) is 25.9. The molecule has 0 unspecified atom stereocenters. The predicted octanol–water partition coefficient (Wildman–Crippen LogP) is 10.4. The van der Waals surface area contributed by atoms with E-state index in [2.05, 4.69) is 86.7 Å². The van der Waals surface area contributed by atoms with E-state index < -0.39 is 0 Å². The Morgan fingerprint density at radius 3 is 2.16 bits per heavy atom. The molecule has 194 valence electrons. The number of halogens is 1. The third kappa shape index (κ3) is 8.56. The third-order valence-corrected chi connectivity index (χ3v) is 8.20. The summed E-state index contributed by atoms with van der Waals surface area (Å²) in [5.41, 5.74) is 5.58. The molecule has 0 saturated heterocycles. The van der Waals surface area contributed by atoms with Gasteiger partial charge in [-0.25, -0.2) is 4.39 Å². The number of allylic oxidation sites excluding steroid dienone is 2. The van der Waals surface area contributed by atoms with Crippen LogP contribution in [-0.2, 0) is 12.8 Å². The van der Waals surface area contributed by atoms with Gasteiger partial charge >= 0.3 is 0 Å². The zero-order valence-corrected chi connectivity index (χ0v) is 22.7. The van der Waals surface area contributed by atoms with Crippen molar-refractivity contribution in [1.29, 1.82) is 0 Å². The Balaban J connectivity index is 1.24. The van der Waals surface area contributed by atoms with Gasteiger partial charge in [-0.15, -0.1) is 0 Å². The largest absolute Gasteiger partial charge is 0.206 e. The highest BCUT2D eigenvalue weighted by molar-refractivity contribution is 5.70. The van der Waals surface area contributed by atoms with Gasteiger partial charge in [0.15, 0.2) is 0 Å². The van der Waals surface area contributed by atoms with Gasteiger partial charge in [0, 0.05) is 5.56 Å². The molecule has 3 aromatic carbocycles. The van der Waals surface area contributed by atoms with Crippen molar-refractivity contribution >= 4 is 12.2 Å². The van der Waals surface area contributed by atoms with Gasteiger partial charge in [0.2, 0.25) is 0 Å². The van der Waals surface area contributed by atoms with Gasteiger partial charge in [0.05, 0.1) is 0 Å². The lowest BCUT2D eigenvalue weighted by Gasteiger charge is -2.28. The van der Waals surface area contributed by atoms with Crippen molar-refractivity contribution in [3.63, 3.8) is 0 Å². The van der Waals surface area contributed by atoms with Crippen LogP contribution >= 0.6 is 0 Å². The maximum Gasteiger partial charge on any atom is 0.130 e. The molecule has 0 aromatic heterocycles. The van der Waals surface area contributed by atoms with E-state index in [1.54, 1.807) is 6.07 Å². The Hall–Kier alpha value is -2.93. The summed E-state index contributed by atoms with van der Waals surface area (Å²) < 4.78 is 14.8. The number of benzene rings is 3. The summed E-state index contributed by atoms with van der Waals surface area (Å²) in [4.78, 5) is 0. The van der Waals surface area contributed by atoms with Crippen LogP contribution in [0.15, 0.2) is 84.9 Å². The van der Waals surface area contributed by atoms with Gasteiger partial charge in [0.25, 0.3) is 0 Å². The summed E-state index contributed by atoms with van der Waals surface area (Å²) >= 11 is 0. The van der Waals surface area contributed by atoms with Gasteiger partial charge in [-0.05, 0) is 85.1 Å². The molecule has 4 rings (SSSR count). The first-order valence-corrected chi connectivity index (χ1v) is 14.3. The Kier molecular flexibility index (Phi) is 10.4. The first-order chi connectivity index (χ1) is 18.1. The SMILES string of the molecule is CC=CCCC1CCC(CCc2ccc(C=Cc3ccc(C[C@@H](C)c4ccccc4)cc3)c(F)c2)CC1. The van der Waals surface area contributed by atoms with E-state index in [1.165, 1.54) is 56.1 Å². The minimum absolute atomic E-state index is 0.116. The molecule has 1 saturated carbocycles. The number of hydrogen-bond acceptors (Lipinski definition) is 0. The Labute approximate surface area is 224 Å². The van der Waals surface area contributed by atoms with Crippen molar-refractivity contribution in [2.45, 2.75) is 77.6 Å². The molecule has 0 nitrogen and oxygen atoms in total. The summed E-state index contributed by atoms with van der Waals surface area (Å²) in [5, 5.41) is 0. The molecule has 1 aliphatic carbocycles. The zero-order valence-electron chi connectivity index (χ0n) is 22.7. The van der Waals surface area contributed by atoms with Crippen LogP contribution in [-0.4, -0.2) is 0 Å². The van der Waals surface area contributed by atoms with Crippen molar-refractivity contribution < 1.29 is 4.39 Å². The van der Waals surface area contributed by atoms with Gasteiger partial charge in [-0.1, -0.05) is 124 Å². The average Bonchev–Trinajstić information content (AvgIpc) is 2.93. The highest BCUT2D eigenvalue weighted by Gasteiger charge is 2.20. The van der Waals surface area contributed by atoms with Gasteiger partial charge in [0.1, 0.15) is 5.82 Å². The summed E-state index contributed by atoms with van der Waals surface area (Å²) in [6.07, 6.45) is 19.5. The predicted molar refractivity (Wildman–Crippen MR) is 158 cm³/mol. The monoisotopic (exact) mass is 494 g/mol. The summed E-state index contributed by atoms with van der Waals surface area (Å²) in [6, 6.07) is 25.1. The average molecular weight is 495 g/mol.